The second kappa shape index (κ2) is 9.72. The smallest absolute Gasteiger partial charge is 0.323 e. The Morgan fingerprint density at radius 2 is 2.06 bits per heavy atom. The third-order valence-corrected chi connectivity index (χ3v) is 2.93. The van der Waals surface area contributed by atoms with Gasteiger partial charge in [0, 0.05) is 25.8 Å². The van der Waals surface area contributed by atoms with Gasteiger partial charge in [-0.2, -0.15) is 11.8 Å². The Morgan fingerprint density at radius 1 is 1.39 bits per heavy atom. The molecular weight excluding hydrogens is 260 g/mol. The fourth-order valence-electron chi connectivity index (χ4n) is 1.15. The highest BCUT2D eigenvalue weighted by Gasteiger charge is 2.16. The van der Waals surface area contributed by atoms with E-state index in [-0.39, 0.29) is 37.8 Å². The Labute approximate surface area is 110 Å². The molecule has 18 heavy (non-hydrogen) atoms. The lowest BCUT2D eigenvalue weighted by Crippen LogP contribution is -2.38. The Morgan fingerprint density at radius 3 is 2.56 bits per heavy atom. The minimum Gasteiger partial charge on any atom is -0.480 e. The summed E-state index contributed by atoms with van der Waals surface area (Å²) in [4.78, 5) is 34.0. The third kappa shape index (κ3) is 8.82. The van der Waals surface area contributed by atoms with Crippen molar-refractivity contribution in [1.29, 1.82) is 0 Å². The maximum absolute atomic E-state index is 11.7. The number of carbonyl (C=O) groups excluding carboxylic acids is 2. The first-order valence-electron chi connectivity index (χ1n) is 5.32. The monoisotopic (exact) mass is 278 g/mol. The molecule has 0 aliphatic heterocycles. The van der Waals surface area contributed by atoms with Gasteiger partial charge in [-0.15, -0.1) is 0 Å². The van der Waals surface area contributed by atoms with Crippen LogP contribution in [0.1, 0.15) is 6.42 Å². The Kier molecular flexibility index (Phi) is 9.03. The molecule has 0 saturated carbocycles. The highest BCUT2D eigenvalue weighted by Crippen LogP contribution is 2.04. The van der Waals surface area contributed by atoms with Crippen molar-refractivity contribution >= 4 is 29.5 Å². The number of nitrogens with two attached hydrogens (primary N) is 1. The topological polar surface area (TPSA) is 110 Å². The van der Waals surface area contributed by atoms with E-state index in [4.69, 9.17) is 15.6 Å². The molecule has 8 heteroatoms. The van der Waals surface area contributed by atoms with Crippen molar-refractivity contribution in [1.82, 2.24) is 4.90 Å². The number of carboxylic acid groups (broad SMARTS) is 1. The lowest BCUT2D eigenvalue weighted by Gasteiger charge is -2.20. The first-order chi connectivity index (χ1) is 8.47. The molecule has 7 nitrogen and oxygen atoms in total. The number of hydrogen-bond donors (Lipinski definition) is 2. The first-order valence-corrected chi connectivity index (χ1v) is 6.47. The normalized spacial score (nSPS) is 10.1. The number of carboxylic acids is 1. The molecule has 0 bridgehead atoms. The molecule has 0 spiro atoms. The summed E-state index contributed by atoms with van der Waals surface area (Å²) in [6.07, 6.45) is 0.176. The average Bonchev–Trinajstić information content (AvgIpc) is 2.29. The summed E-state index contributed by atoms with van der Waals surface area (Å²) in [5.41, 5.74) is 4.95. The zero-order valence-corrected chi connectivity index (χ0v) is 11.1. The summed E-state index contributed by atoms with van der Waals surface area (Å²) in [6.45, 7) is 0.179. The van der Waals surface area contributed by atoms with Crippen molar-refractivity contribution in [2.24, 2.45) is 5.73 Å². The van der Waals surface area contributed by atoms with Crippen LogP contribution in [0.5, 0.6) is 0 Å². The number of methoxy groups -OCH3 is 1. The van der Waals surface area contributed by atoms with Gasteiger partial charge >= 0.3 is 5.97 Å². The molecule has 0 radical (unpaired) electrons. The fraction of sp³-hybridized carbons (Fsp3) is 0.700. The second-order valence-electron chi connectivity index (χ2n) is 3.47. The van der Waals surface area contributed by atoms with Crippen LogP contribution in [0.3, 0.4) is 0 Å². The molecule has 0 aliphatic carbocycles. The molecule has 0 saturated heterocycles. The molecule has 0 fully saturated rings. The zero-order valence-electron chi connectivity index (χ0n) is 10.3. The summed E-state index contributed by atoms with van der Waals surface area (Å²) in [5, 5.41) is 8.68. The van der Waals surface area contributed by atoms with Crippen LogP contribution in [-0.4, -0.2) is 66.1 Å². The van der Waals surface area contributed by atoms with E-state index < -0.39 is 11.9 Å². The fourth-order valence-corrected chi connectivity index (χ4v) is 1.81. The number of hydrogen-bond acceptors (Lipinski definition) is 5. The van der Waals surface area contributed by atoms with Crippen molar-refractivity contribution in [2.45, 2.75) is 6.42 Å². The molecule has 0 unspecified atom stereocenters. The van der Waals surface area contributed by atoms with E-state index in [2.05, 4.69) is 0 Å². The minimum absolute atomic E-state index is 0.157. The number of primary amides is 1. The molecule has 3 N–H and O–H groups in total. The molecule has 0 aromatic rings. The van der Waals surface area contributed by atoms with Gasteiger partial charge in [0.05, 0.1) is 12.4 Å². The van der Waals surface area contributed by atoms with Crippen LogP contribution in [0.15, 0.2) is 0 Å². The Bertz CT molecular complexity index is 298. The predicted molar refractivity (Wildman–Crippen MR) is 67.2 cm³/mol. The quantitative estimate of drug-likeness (QED) is 0.504. The summed E-state index contributed by atoms with van der Waals surface area (Å²) >= 11 is 1.25. The lowest BCUT2D eigenvalue weighted by molar-refractivity contribution is -0.144. The van der Waals surface area contributed by atoms with E-state index in [1.54, 1.807) is 0 Å². The molecule has 0 rings (SSSR count). The van der Waals surface area contributed by atoms with E-state index in [9.17, 15) is 14.4 Å². The maximum Gasteiger partial charge on any atom is 0.323 e. The van der Waals surface area contributed by atoms with Gasteiger partial charge in [0.15, 0.2) is 0 Å². The number of thioether (sulfide) groups is 1. The molecule has 0 atom stereocenters. The number of carbonyl (C=O) groups is 3. The molecule has 2 amide bonds. The van der Waals surface area contributed by atoms with Crippen LogP contribution in [0.2, 0.25) is 0 Å². The van der Waals surface area contributed by atoms with Crippen LogP contribution in [0, 0.1) is 0 Å². The van der Waals surface area contributed by atoms with E-state index in [0.717, 1.165) is 0 Å². The van der Waals surface area contributed by atoms with E-state index in [1.165, 1.54) is 23.8 Å². The van der Waals surface area contributed by atoms with Crippen molar-refractivity contribution in [3.8, 4) is 0 Å². The van der Waals surface area contributed by atoms with Gasteiger partial charge in [-0.25, -0.2) is 0 Å². The standard InChI is InChI=1S/C10H18N2O5S/c1-17-4-3-12(6-10(15)16)9(14)2-5-18-7-8(11)13/h2-7H2,1H3,(H2,11,13)(H,15,16). The second-order valence-corrected chi connectivity index (χ2v) is 4.58. The molecule has 104 valence electrons. The first kappa shape index (κ1) is 16.7. The summed E-state index contributed by atoms with van der Waals surface area (Å²) in [7, 11) is 1.48. The van der Waals surface area contributed by atoms with E-state index in [1.807, 2.05) is 0 Å². The zero-order chi connectivity index (χ0) is 14.0. The van der Waals surface area contributed by atoms with Crippen LogP contribution in [0.4, 0.5) is 0 Å². The van der Waals surface area contributed by atoms with Gasteiger partial charge in [-0.05, 0) is 0 Å². The van der Waals surface area contributed by atoms with E-state index in [0.29, 0.717) is 5.75 Å². The third-order valence-electron chi connectivity index (χ3n) is 1.95. The van der Waals surface area contributed by atoms with Gasteiger partial charge in [0.1, 0.15) is 6.54 Å². The van der Waals surface area contributed by atoms with Crippen molar-refractivity contribution in [3.63, 3.8) is 0 Å². The largest absolute Gasteiger partial charge is 0.480 e. The highest BCUT2D eigenvalue weighted by molar-refractivity contribution is 7.99. The van der Waals surface area contributed by atoms with Crippen LogP contribution >= 0.6 is 11.8 Å². The maximum atomic E-state index is 11.7. The lowest BCUT2D eigenvalue weighted by atomic mass is 10.3. The van der Waals surface area contributed by atoms with Gasteiger partial charge in [0.2, 0.25) is 11.8 Å². The molecule has 0 aromatic carbocycles. The summed E-state index contributed by atoms with van der Waals surface area (Å²) in [5.74, 6) is -1.18. The number of ether oxygens (including phenoxy) is 1. The Balaban J connectivity index is 4.03. The highest BCUT2D eigenvalue weighted by atomic mass is 32.2. The SMILES string of the molecule is COCCN(CC(=O)O)C(=O)CCSCC(N)=O. The van der Waals surface area contributed by atoms with Gasteiger partial charge in [-0.1, -0.05) is 0 Å². The van der Waals surface area contributed by atoms with Gasteiger partial charge < -0.3 is 20.5 Å². The van der Waals surface area contributed by atoms with E-state index >= 15 is 0 Å². The van der Waals surface area contributed by atoms with Crippen LogP contribution in [0.25, 0.3) is 0 Å². The molecule has 0 aliphatic rings. The van der Waals surface area contributed by atoms with Gasteiger partial charge in [0.25, 0.3) is 0 Å². The number of aliphatic carboxylic acids is 1. The van der Waals surface area contributed by atoms with Crippen LogP contribution in [-0.2, 0) is 19.1 Å². The predicted octanol–water partition coefficient (Wildman–Crippen LogP) is -0.845. The van der Waals surface area contributed by atoms with Gasteiger partial charge in [-0.3, -0.25) is 14.4 Å². The van der Waals surface area contributed by atoms with Crippen molar-refractivity contribution in [3.05, 3.63) is 0 Å². The summed E-state index contributed by atoms with van der Waals surface area (Å²) < 4.78 is 4.81. The molecule has 0 aromatic heterocycles. The average molecular weight is 278 g/mol. The Hall–Kier alpha value is -1.28. The van der Waals surface area contributed by atoms with Crippen LogP contribution < -0.4 is 5.73 Å². The number of rotatable bonds is 10. The number of nitrogens with zero attached hydrogens (tertiary/aromatic N) is 1. The van der Waals surface area contributed by atoms with Crippen molar-refractivity contribution in [2.75, 3.05) is 38.3 Å². The molecular formula is C10H18N2O5S. The molecule has 0 heterocycles. The van der Waals surface area contributed by atoms with Crippen molar-refractivity contribution < 1.29 is 24.2 Å². The minimum atomic E-state index is -1.07. The summed E-state index contributed by atoms with van der Waals surface area (Å²) in [6, 6.07) is 0. The number of amides is 2.